The van der Waals surface area contributed by atoms with Crippen molar-refractivity contribution in [2.75, 3.05) is 20.1 Å². The molecule has 0 aliphatic carbocycles. The summed E-state index contributed by atoms with van der Waals surface area (Å²) in [5.74, 6) is 0.387. The van der Waals surface area contributed by atoms with Crippen molar-refractivity contribution in [3.05, 3.63) is 71.6 Å². The third-order valence-corrected chi connectivity index (χ3v) is 7.93. The number of hydrogen-bond acceptors (Lipinski definition) is 7. The lowest BCUT2D eigenvalue weighted by Gasteiger charge is -2.33. The Morgan fingerprint density at radius 3 is 2.61 bits per heavy atom. The molecule has 3 aromatic heterocycles. The quantitative estimate of drug-likeness (QED) is 0.418. The molecular weight excluding hydrogens is 493 g/mol. The number of aromatic nitrogens is 4. The minimum Gasteiger partial charge on any atom is -0.326 e. The molecule has 5 heterocycles. The van der Waals surface area contributed by atoms with Gasteiger partial charge in [-0.25, -0.2) is 9.99 Å². The number of likely N-dealkylation sites (tertiary alicyclic amines) is 1. The highest BCUT2D eigenvalue weighted by Gasteiger charge is 2.46. The molecule has 1 aromatic carbocycles. The third-order valence-electron chi connectivity index (χ3n) is 7.93. The summed E-state index contributed by atoms with van der Waals surface area (Å²) in [7, 11) is 1.98. The summed E-state index contributed by atoms with van der Waals surface area (Å²) < 4.78 is 44.3. The number of nitrogens with one attached hydrogen (secondary N) is 1. The molecule has 2 aliphatic heterocycles. The van der Waals surface area contributed by atoms with Crippen LogP contribution in [-0.4, -0.2) is 61.8 Å². The van der Waals surface area contributed by atoms with Crippen LogP contribution in [0.3, 0.4) is 0 Å². The second-order valence-electron chi connectivity index (χ2n) is 10.4. The van der Waals surface area contributed by atoms with Crippen LogP contribution >= 0.6 is 0 Å². The number of benzene rings is 1. The number of rotatable bonds is 4. The molecule has 38 heavy (non-hydrogen) atoms. The Morgan fingerprint density at radius 2 is 1.92 bits per heavy atom. The van der Waals surface area contributed by atoms with Crippen LogP contribution in [0.15, 0.2) is 54.9 Å². The fourth-order valence-corrected chi connectivity index (χ4v) is 5.73. The predicted octanol–water partition coefficient (Wildman–Crippen LogP) is 4.07. The van der Waals surface area contributed by atoms with E-state index in [1.54, 1.807) is 10.5 Å². The van der Waals surface area contributed by atoms with Gasteiger partial charge in [0, 0.05) is 44.0 Å². The second-order valence-corrected chi connectivity index (χ2v) is 10.4. The van der Waals surface area contributed by atoms with E-state index in [1.165, 1.54) is 17.2 Å². The summed E-state index contributed by atoms with van der Waals surface area (Å²) in [5, 5.41) is 11.5. The van der Waals surface area contributed by atoms with Gasteiger partial charge in [-0.05, 0) is 55.2 Å². The second kappa shape index (κ2) is 8.75. The molecule has 0 saturated carbocycles. The van der Waals surface area contributed by atoms with E-state index in [1.807, 2.05) is 43.4 Å². The molecule has 11 heteroatoms. The fraction of sp³-hybridized carbons (Fsp3) is 0.370. The summed E-state index contributed by atoms with van der Waals surface area (Å²) in [6.07, 6.45) is 1.58. The summed E-state index contributed by atoms with van der Waals surface area (Å²) in [4.78, 5) is 6.33. The fourth-order valence-electron chi connectivity index (χ4n) is 5.73. The average Bonchev–Trinajstić information content (AvgIpc) is 3.57. The van der Waals surface area contributed by atoms with Gasteiger partial charge in [-0.3, -0.25) is 9.30 Å². The van der Waals surface area contributed by atoms with Crippen LogP contribution in [-0.2, 0) is 5.54 Å². The molecule has 4 aromatic rings. The zero-order valence-electron chi connectivity index (χ0n) is 21.4. The minimum absolute atomic E-state index is 0.121. The van der Waals surface area contributed by atoms with Crippen LogP contribution in [0, 0.1) is 6.92 Å². The summed E-state index contributed by atoms with van der Waals surface area (Å²) in [5.41, 5.74) is 12.8. The van der Waals surface area contributed by atoms with E-state index >= 15 is 0 Å². The van der Waals surface area contributed by atoms with Gasteiger partial charge in [-0.15, -0.1) is 10.2 Å². The largest absolute Gasteiger partial charge is 0.408 e. The van der Waals surface area contributed by atoms with Gasteiger partial charge < -0.3 is 11.2 Å². The van der Waals surface area contributed by atoms with Crippen molar-refractivity contribution in [1.29, 1.82) is 0 Å². The van der Waals surface area contributed by atoms with E-state index < -0.39 is 12.2 Å². The van der Waals surface area contributed by atoms with E-state index in [9.17, 15) is 13.2 Å². The Labute approximate surface area is 217 Å². The highest BCUT2D eigenvalue weighted by atomic mass is 19.4. The van der Waals surface area contributed by atoms with E-state index in [0.717, 1.165) is 22.0 Å². The standard InChI is InChI=1S/C27H29F3N8/c1-16-20(26(2)11-12-32-36(26)3)7-4-17-5-8-21(33-23(16)17)25-35-34-22-9-6-18(14-38(22)25)24(27(28,29)30)37-13-10-19(31)15-37/h4-9,11-12,14,19,24,32H,10,13,15,31H2,1-3H3/t19-,24+,26?/m0/s1. The highest BCUT2D eigenvalue weighted by Crippen LogP contribution is 2.40. The SMILES string of the molecule is Cc1c(C2(C)C=CNN2C)ccc2ccc(-c3nnc4ccc([C@@H](N5CC[C@H](N)C5)C(F)(F)F)cn34)nc12. The van der Waals surface area contributed by atoms with Crippen LogP contribution in [0.2, 0.25) is 0 Å². The van der Waals surface area contributed by atoms with Crippen LogP contribution in [0.5, 0.6) is 0 Å². The number of nitrogens with two attached hydrogens (primary N) is 1. The predicted molar refractivity (Wildman–Crippen MR) is 139 cm³/mol. The lowest BCUT2D eigenvalue weighted by molar-refractivity contribution is -0.183. The molecule has 3 atom stereocenters. The lowest BCUT2D eigenvalue weighted by atomic mass is 9.87. The first-order valence-electron chi connectivity index (χ1n) is 12.6. The first-order chi connectivity index (χ1) is 18.1. The summed E-state index contributed by atoms with van der Waals surface area (Å²) in [6.45, 7) is 4.66. The minimum atomic E-state index is -4.45. The normalized spacial score (nSPS) is 23.5. The van der Waals surface area contributed by atoms with Crippen molar-refractivity contribution in [3.8, 4) is 11.5 Å². The maximum absolute atomic E-state index is 14.2. The molecular formula is C27H29F3N8. The summed E-state index contributed by atoms with van der Waals surface area (Å²) in [6, 6.07) is 8.95. The third kappa shape index (κ3) is 3.93. The number of aryl methyl sites for hydroxylation is 1. The molecule has 0 amide bonds. The van der Waals surface area contributed by atoms with E-state index in [0.29, 0.717) is 30.1 Å². The Bertz CT molecular complexity index is 1560. The molecule has 0 radical (unpaired) electrons. The number of hydrazine groups is 1. The Balaban J connectivity index is 1.45. The topological polar surface area (TPSA) is 87.6 Å². The zero-order valence-corrected chi connectivity index (χ0v) is 21.4. The molecule has 1 unspecified atom stereocenters. The van der Waals surface area contributed by atoms with E-state index in [2.05, 4.69) is 34.7 Å². The van der Waals surface area contributed by atoms with Crippen molar-refractivity contribution in [2.45, 2.75) is 44.1 Å². The monoisotopic (exact) mass is 522 g/mol. The molecule has 1 fully saturated rings. The van der Waals surface area contributed by atoms with Crippen LogP contribution in [0.25, 0.3) is 28.1 Å². The Hall–Kier alpha value is -3.54. The van der Waals surface area contributed by atoms with E-state index in [-0.39, 0.29) is 23.7 Å². The van der Waals surface area contributed by atoms with Gasteiger partial charge in [-0.2, -0.15) is 13.2 Å². The number of hydrogen-bond donors (Lipinski definition) is 2. The van der Waals surface area contributed by atoms with Gasteiger partial charge in [-0.1, -0.05) is 24.3 Å². The molecule has 0 bridgehead atoms. The smallest absolute Gasteiger partial charge is 0.326 e. The van der Waals surface area contributed by atoms with Crippen molar-refractivity contribution in [3.63, 3.8) is 0 Å². The van der Waals surface area contributed by atoms with Gasteiger partial charge in [0.1, 0.15) is 11.7 Å². The Morgan fingerprint density at radius 1 is 1.13 bits per heavy atom. The average molecular weight is 523 g/mol. The number of alkyl halides is 3. The van der Waals surface area contributed by atoms with Gasteiger partial charge in [0.15, 0.2) is 11.5 Å². The first kappa shape index (κ1) is 24.8. The number of fused-ring (bicyclic) bond motifs is 2. The molecule has 0 spiro atoms. The maximum atomic E-state index is 14.2. The number of pyridine rings is 2. The number of halogens is 3. The number of nitrogens with zero attached hydrogens (tertiary/aromatic N) is 6. The van der Waals surface area contributed by atoms with Gasteiger partial charge in [0.2, 0.25) is 0 Å². The van der Waals surface area contributed by atoms with Crippen LogP contribution < -0.4 is 11.2 Å². The molecule has 3 N–H and O–H groups in total. The van der Waals surface area contributed by atoms with Crippen LogP contribution in [0.4, 0.5) is 13.2 Å². The van der Waals surface area contributed by atoms with Crippen molar-refractivity contribution in [1.82, 2.24) is 34.9 Å². The highest BCUT2D eigenvalue weighted by molar-refractivity contribution is 5.85. The van der Waals surface area contributed by atoms with Crippen molar-refractivity contribution in [2.24, 2.45) is 5.73 Å². The lowest BCUT2D eigenvalue weighted by Crippen LogP contribution is -2.41. The van der Waals surface area contributed by atoms with Crippen molar-refractivity contribution < 1.29 is 13.2 Å². The number of likely N-dealkylation sites (N-methyl/N-ethyl adjacent to an activating group) is 1. The zero-order chi connectivity index (χ0) is 26.8. The molecule has 8 nitrogen and oxygen atoms in total. The van der Waals surface area contributed by atoms with Crippen LogP contribution in [0.1, 0.15) is 36.1 Å². The van der Waals surface area contributed by atoms with Gasteiger partial charge in [0.05, 0.1) is 11.1 Å². The maximum Gasteiger partial charge on any atom is 0.408 e. The van der Waals surface area contributed by atoms with Gasteiger partial charge in [0.25, 0.3) is 0 Å². The first-order valence-corrected chi connectivity index (χ1v) is 12.6. The molecule has 6 rings (SSSR count). The summed E-state index contributed by atoms with van der Waals surface area (Å²) >= 11 is 0. The molecule has 2 aliphatic rings. The Kier molecular flexibility index (Phi) is 5.71. The molecule has 198 valence electrons. The van der Waals surface area contributed by atoms with Gasteiger partial charge >= 0.3 is 6.18 Å². The van der Waals surface area contributed by atoms with Crippen molar-refractivity contribution >= 4 is 16.6 Å². The van der Waals surface area contributed by atoms with E-state index in [4.69, 9.17) is 10.7 Å². The molecule has 1 saturated heterocycles.